The van der Waals surface area contributed by atoms with Crippen molar-refractivity contribution in [3.8, 4) is 0 Å². The van der Waals surface area contributed by atoms with Gasteiger partial charge in [-0.25, -0.2) is 10.2 Å². The van der Waals surface area contributed by atoms with Crippen LogP contribution in [0.25, 0.3) is 0 Å². The summed E-state index contributed by atoms with van der Waals surface area (Å²) in [6.07, 6.45) is 1.51. The zero-order chi connectivity index (χ0) is 13.5. The molecule has 21 heavy (non-hydrogen) atoms. The highest BCUT2D eigenvalue weighted by atomic mass is 35.5. The number of carbonyl (C=O) groups excluding carboxylic acids is 1. The molecule has 0 bridgehead atoms. The Morgan fingerprint density at radius 3 is 2.95 bits per heavy atom. The second-order valence-corrected chi connectivity index (χ2v) is 4.02. The number of nitrogens with one attached hydrogen (secondary N) is 3. The van der Waals surface area contributed by atoms with Crippen molar-refractivity contribution in [3.05, 3.63) is 42.5 Å². The first-order chi connectivity index (χ1) is 9.31. The Bertz CT molecular complexity index is 460. The molecule has 0 radical (unpaired) electrons. The number of rotatable bonds is 6. The Morgan fingerprint density at radius 1 is 1.43 bits per heavy atom. The van der Waals surface area contributed by atoms with Crippen molar-refractivity contribution in [2.75, 3.05) is 25.2 Å². The van der Waals surface area contributed by atoms with Crippen molar-refractivity contribution in [1.82, 2.24) is 10.9 Å². The number of esters is 1. The second kappa shape index (κ2) is 10.4. The fourth-order valence-corrected chi connectivity index (χ4v) is 1.77. The molecule has 0 saturated heterocycles. The van der Waals surface area contributed by atoms with Crippen LogP contribution in [0.4, 0.5) is 5.69 Å². The Kier molecular flexibility index (Phi) is 9.77. The van der Waals surface area contributed by atoms with Gasteiger partial charge in [0, 0.05) is 6.54 Å². The molecule has 6 nitrogen and oxygen atoms in total. The predicted molar refractivity (Wildman–Crippen MR) is 85.5 cm³/mol. The van der Waals surface area contributed by atoms with Crippen molar-refractivity contribution >= 4 is 36.5 Å². The van der Waals surface area contributed by atoms with Gasteiger partial charge in [-0.05, 0) is 11.6 Å². The molecule has 118 valence electrons. The zero-order valence-electron chi connectivity index (χ0n) is 11.3. The first-order valence-corrected chi connectivity index (χ1v) is 6.03. The lowest BCUT2D eigenvalue weighted by atomic mass is 10.0. The van der Waals surface area contributed by atoms with Crippen molar-refractivity contribution in [2.24, 2.45) is 0 Å². The van der Waals surface area contributed by atoms with Crippen LogP contribution in [0, 0.1) is 0 Å². The SMILES string of the molecule is C=CCOC(=O)CONC1CNNc2ccccc21.Cl.Cl. The van der Waals surface area contributed by atoms with Crippen molar-refractivity contribution in [2.45, 2.75) is 6.04 Å². The van der Waals surface area contributed by atoms with Gasteiger partial charge in [0.15, 0.2) is 6.61 Å². The van der Waals surface area contributed by atoms with Gasteiger partial charge in [0.2, 0.25) is 0 Å². The summed E-state index contributed by atoms with van der Waals surface area (Å²) in [5, 5.41) is 0. The number of hydrogen-bond acceptors (Lipinski definition) is 6. The van der Waals surface area contributed by atoms with Gasteiger partial charge in [-0.2, -0.15) is 5.48 Å². The molecule has 1 aliphatic heterocycles. The van der Waals surface area contributed by atoms with Gasteiger partial charge in [0.1, 0.15) is 6.61 Å². The Balaban J connectivity index is 0.00000200. The minimum atomic E-state index is -0.428. The Labute approximate surface area is 136 Å². The molecule has 3 N–H and O–H groups in total. The lowest BCUT2D eigenvalue weighted by molar-refractivity contribution is -0.151. The molecule has 1 heterocycles. The first kappa shape index (κ1) is 19.7. The van der Waals surface area contributed by atoms with E-state index >= 15 is 0 Å². The number of hydrogen-bond donors (Lipinski definition) is 3. The molecule has 0 amide bonds. The number of anilines is 1. The number of hydrazine groups is 1. The minimum Gasteiger partial charge on any atom is -0.460 e. The summed E-state index contributed by atoms with van der Waals surface area (Å²) in [5.74, 6) is -0.428. The number of para-hydroxylation sites is 1. The van der Waals surface area contributed by atoms with E-state index in [0.29, 0.717) is 6.54 Å². The number of fused-ring (bicyclic) bond motifs is 1. The van der Waals surface area contributed by atoms with E-state index in [1.807, 2.05) is 24.3 Å². The summed E-state index contributed by atoms with van der Waals surface area (Å²) < 4.78 is 4.80. The molecule has 1 aliphatic rings. The number of carbonyl (C=O) groups is 1. The number of ether oxygens (including phenoxy) is 1. The van der Waals surface area contributed by atoms with E-state index in [-0.39, 0.29) is 44.1 Å². The first-order valence-electron chi connectivity index (χ1n) is 6.03. The van der Waals surface area contributed by atoms with E-state index in [1.165, 1.54) is 6.08 Å². The van der Waals surface area contributed by atoms with Gasteiger partial charge in [0.05, 0.1) is 11.7 Å². The monoisotopic (exact) mass is 335 g/mol. The molecule has 1 aromatic rings. The summed E-state index contributed by atoms with van der Waals surface area (Å²) in [4.78, 5) is 16.4. The lowest BCUT2D eigenvalue weighted by Gasteiger charge is -2.27. The highest BCUT2D eigenvalue weighted by Crippen LogP contribution is 2.24. The number of hydroxylamine groups is 1. The van der Waals surface area contributed by atoms with Gasteiger partial charge < -0.3 is 10.2 Å². The van der Waals surface area contributed by atoms with E-state index in [9.17, 15) is 4.79 Å². The zero-order valence-corrected chi connectivity index (χ0v) is 13.0. The topological polar surface area (TPSA) is 71.6 Å². The summed E-state index contributed by atoms with van der Waals surface area (Å²) in [7, 11) is 0. The molecular formula is C13H19Cl2N3O3. The van der Waals surface area contributed by atoms with E-state index in [2.05, 4.69) is 22.9 Å². The molecule has 0 saturated carbocycles. The Morgan fingerprint density at radius 2 is 2.19 bits per heavy atom. The number of halogens is 2. The fraction of sp³-hybridized carbons (Fsp3) is 0.308. The van der Waals surface area contributed by atoms with Crippen LogP contribution in [0.2, 0.25) is 0 Å². The van der Waals surface area contributed by atoms with Crippen LogP contribution in [-0.2, 0) is 14.4 Å². The molecule has 0 spiro atoms. The minimum absolute atomic E-state index is 0. The molecule has 0 fully saturated rings. The summed E-state index contributed by atoms with van der Waals surface area (Å²) in [5.41, 5.74) is 11.0. The van der Waals surface area contributed by atoms with Gasteiger partial charge >= 0.3 is 5.97 Å². The predicted octanol–water partition coefficient (Wildman–Crippen LogP) is 1.75. The van der Waals surface area contributed by atoms with Crippen molar-refractivity contribution in [3.63, 3.8) is 0 Å². The quantitative estimate of drug-likeness (QED) is 0.418. The van der Waals surface area contributed by atoms with Gasteiger partial charge in [0.25, 0.3) is 0 Å². The smallest absolute Gasteiger partial charge is 0.334 e. The average Bonchev–Trinajstić information content (AvgIpc) is 2.45. The lowest BCUT2D eigenvalue weighted by Crippen LogP contribution is -2.40. The number of benzene rings is 1. The standard InChI is InChI=1S/C13H17N3O3.2ClH/c1-2-7-18-13(17)9-19-16-12-8-14-15-11-6-4-3-5-10(11)12;;/h2-6,12,14-16H,1,7-9H2;2*1H. The summed E-state index contributed by atoms with van der Waals surface area (Å²) in [6.45, 7) is 4.17. The summed E-state index contributed by atoms with van der Waals surface area (Å²) in [6, 6.07) is 7.85. The second-order valence-electron chi connectivity index (χ2n) is 4.02. The third-order valence-corrected chi connectivity index (χ3v) is 2.64. The van der Waals surface area contributed by atoms with E-state index in [1.54, 1.807) is 0 Å². The van der Waals surface area contributed by atoms with Crippen LogP contribution in [0.3, 0.4) is 0 Å². The van der Waals surface area contributed by atoms with Crippen LogP contribution in [0.1, 0.15) is 11.6 Å². The molecule has 1 aromatic carbocycles. The van der Waals surface area contributed by atoms with Crippen molar-refractivity contribution < 1.29 is 14.4 Å². The molecule has 1 unspecified atom stereocenters. The molecule has 1 atom stereocenters. The molecule has 0 aliphatic carbocycles. The highest BCUT2D eigenvalue weighted by molar-refractivity contribution is 5.85. The van der Waals surface area contributed by atoms with Gasteiger partial charge in [-0.1, -0.05) is 30.9 Å². The van der Waals surface area contributed by atoms with Crippen LogP contribution < -0.4 is 16.3 Å². The third kappa shape index (κ3) is 5.91. The maximum atomic E-state index is 11.2. The normalized spacial score (nSPS) is 15.5. The maximum Gasteiger partial charge on any atom is 0.334 e. The van der Waals surface area contributed by atoms with E-state index in [0.717, 1.165) is 11.3 Å². The fourth-order valence-electron chi connectivity index (χ4n) is 1.77. The highest BCUT2D eigenvalue weighted by Gasteiger charge is 2.19. The van der Waals surface area contributed by atoms with Crippen LogP contribution in [0.5, 0.6) is 0 Å². The van der Waals surface area contributed by atoms with Gasteiger partial charge in [-0.3, -0.25) is 4.84 Å². The van der Waals surface area contributed by atoms with Crippen LogP contribution >= 0.6 is 24.8 Å². The van der Waals surface area contributed by atoms with E-state index in [4.69, 9.17) is 9.57 Å². The van der Waals surface area contributed by atoms with Gasteiger partial charge in [-0.15, -0.1) is 24.8 Å². The average molecular weight is 336 g/mol. The molecule has 8 heteroatoms. The molecule has 2 rings (SSSR count). The summed E-state index contributed by atoms with van der Waals surface area (Å²) >= 11 is 0. The third-order valence-electron chi connectivity index (χ3n) is 2.64. The van der Waals surface area contributed by atoms with E-state index < -0.39 is 5.97 Å². The Hall–Kier alpha value is -1.31. The molecule has 0 aromatic heterocycles. The van der Waals surface area contributed by atoms with Crippen LogP contribution in [-0.4, -0.2) is 25.7 Å². The molecular weight excluding hydrogens is 317 g/mol. The maximum absolute atomic E-state index is 11.2. The van der Waals surface area contributed by atoms with Crippen molar-refractivity contribution in [1.29, 1.82) is 0 Å². The largest absolute Gasteiger partial charge is 0.460 e. The van der Waals surface area contributed by atoms with Crippen LogP contribution in [0.15, 0.2) is 36.9 Å².